The van der Waals surface area contributed by atoms with Crippen LogP contribution in [0.25, 0.3) is 6.08 Å². The van der Waals surface area contributed by atoms with E-state index in [2.05, 4.69) is 0 Å². The van der Waals surface area contributed by atoms with E-state index in [1.165, 1.54) is 23.0 Å². The summed E-state index contributed by atoms with van der Waals surface area (Å²) in [4.78, 5) is 32.1. The number of allylic oxidation sites excluding steroid dienone is 1. The van der Waals surface area contributed by atoms with Crippen LogP contribution in [-0.4, -0.2) is 17.6 Å². The highest BCUT2D eigenvalue weighted by Gasteiger charge is 2.33. The number of hydrogen-bond acceptors (Lipinski definition) is 6. The lowest BCUT2D eigenvalue weighted by molar-refractivity contribution is -0.136. The lowest BCUT2D eigenvalue weighted by atomic mass is 9.95. The number of carbonyl (C=O) groups excluding carboxylic acids is 1. The van der Waals surface area contributed by atoms with Gasteiger partial charge in [0.05, 0.1) is 34.0 Å². The normalized spacial score (nSPS) is 15.0. The smallest absolute Gasteiger partial charge is 0.338 e. The van der Waals surface area contributed by atoms with Crippen molar-refractivity contribution >= 4 is 69.8 Å². The molecule has 6 nitrogen and oxygen atoms in total. The third-order valence-corrected chi connectivity index (χ3v) is 8.55. The molecule has 1 aromatic heterocycles. The largest absolute Gasteiger partial charge is 0.487 e. The van der Waals surface area contributed by atoms with Gasteiger partial charge in [-0.3, -0.25) is 9.36 Å². The van der Waals surface area contributed by atoms with Gasteiger partial charge in [0.15, 0.2) is 4.80 Å². The summed E-state index contributed by atoms with van der Waals surface area (Å²) in [6.07, 6.45) is 2.14. The zero-order valence-corrected chi connectivity index (χ0v) is 25.6. The van der Waals surface area contributed by atoms with Gasteiger partial charge < -0.3 is 9.47 Å². The van der Waals surface area contributed by atoms with E-state index < -0.39 is 12.0 Å². The molecule has 0 unspecified atom stereocenters. The molecule has 5 rings (SSSR count). The number of carbonyl (C=O) groups is 1. The fourth-order valence-electron chi connectivity index (χ4n) is 4.58. The molecule has 0 radical (unpaired) electrons. The molecule has 2 heterocycles. The molecule has 0 amide bonds. The Labute approximate surface area is 259 Å². The van der Waals surface area contributed by atoms with Crippen LogP contribution in [0.3, 0.4) is 0 Å². The van der Waals surface area contributed by atoms with Gasteiger partial charge in [0, 0.05) is 26.2 Å². The standard InChI is InChI=1S/C30H22Cl4N2O4S/c1-3-23-25(29(38)39-2)26(16-7-5-4-6-8-16)36-28(37)24(41-30(36)35-23)12-18-11-20(32)14-22(34)27(18)40-15-17-9-10-19(31)13-21(17)33/h4-14,26H,3,15H2,1-2H3/b24-12+/t26-/m0/s1. The number of fused-ring (bicyclic) bond motifs is 1. The number of thiazole rings is 1. The number of methoxy groups -OCH3 is 1. The number of aromatic nitrogens is 1. The Morgan fingerprint density at radius 1 is 1.02 bits per heavy atom. The van der Waals surface area contributed by atoms with E-state index in [9.17, 15) is 9.59 Å². The fraction of sp³-hybridized carbons (Fsp3) is 0.167. The summed E-state index contributed by atoms with van der Waals surface area (Å²) in [5, 5.41) is 1.60. The highest BCUT2D eigenvalue weighted by Crippen LogP contribution is 2.35. The Hall–Kier alpha value is -3.07. The van der Waals surface area contributed by atoms with Crippen molar-refractivity contribution in [2.75, 3.05) is 7.11 Å². The van der Waals surface area contributed by atoms with Gasteiger partial charge in [-0.2, -0.15) is 0 Å². The molecule has 41 heavy (non-hydrogen) atoms. The minimum Gasteiger partial charge on any atom is -0.487 e. The number of nitrogens with zero attached hydrogens (tertiary/aromatic N) is 2. The van der Waals surface area contributed by atoms with Gasteiger partial charge >= 0.3 is 5.97 Å². The Kier molecular flexibility index (Phi) is 8.92. The van der Waals surface area contributed by atoms with Crippen molar-refractivity contribution in [3.05, 3.63) is 128 Å². The minimum absolute atomic E-state index is 0.107. The van der Waals surface area contributed by atoms with E-state index in [0.717, 1.165) is 5.56 Å². The Morgan fingerprint density at radius 3 is 2.44 bits per heavy atom. The molecular formula is C30H22Cl4N2O4S. The zero-order valence-electron chi connectivity index (χ0n) is 21.8. The van der Waals surface area contributed by atoms with Crippen molar-refractivity contribution in [1.29, 1.82) is 0 Å². The van der Waals surface area contributed by atoms with Crippen molar-refractivity contribution in [3.63, 3.8) is 0 Å². The van der Waals surface area contributed by atoms with E-state index in [1.807, 2.05) is 37.3 Å². The maximum Gasteiger partial charge on any atom is 0.338 e. The Morgan fingerprint density at radius 2 is 1.76 bits per heavy atom. The van der Waals surface area contributed by atoms with Crippen LogP contribution in [0.1, 0.15) is 36.1 Å². The van der Waals surface area contributed by atoms with Gasteiger partial charge in [-0.05, 0) is 42.3 Å². The average Bonchev–Trinajstić information content (AvgIpc) is 3.26. The number of halogens is 4. The van der Waals surface area contributed by atoms with Crippen molar-refractivity contribution in [2.24, 2.45) is 4.99 Å². The molecule has 0 saturated carbocycles. The van der Waals surface area contributed by atoms with E-state index in [0.29, 0.717) is 59.0 Å². The van der Waals surface area contributed by atoms with E-state index in [-0.39, 0.29) is 17.2 Å². The summed E-state index contributed by atoms with van der Waals surface area (Å²) in [5.41, 5.74) is 2.52. The maximum atomic E-state index is 14.0. The predicted molar refractivity (Wildman–Crippen MR) is 164 cm³/mol. The molecule has 0 spiro atoms. The molecule has 3 aromatic carbocycles. The van der Waals surface area contributed by atoms with Crippen LogP contribution in [-0.2, 0) is 16.1 Å². The van der Waals surface area contributed by atoms with Crippen LogP contribution in [0, 0.1) is 0 Å². The number of ether oxygens (including phenoxy) is 2. The summed E-state index contributed by atoms with van der Waals surface area (Å²) in [6.45, 7) is 2.01. The topological polar surface area (TPSA) is 69.9 Å². The summed E-state index contributed by atoms with van der Waals surface area (Å²) < 4.78 is 13.1. The first kappa shape index (κ1) is 29.4. The van der Waals surface area contributed by atoms with Crippen molar-refractivity contribution in [2.45, 2.75) is 26.0 Å². The molecular weight excluding hydrogens is 626 g/mol. The fourth-order valence-corrected chi connectivity index (χ4v) is 6.62. The van der Waals surface area contributed by atoms with Gasteiger partial charge in [0.25, 0.3) is 5.56 Å². The monoisotopic (exact) mass is 646 g/mol. The van der Waals surface area contributed by atoms with Crippen LogP contribution >= 0.6 is 57.7 Å². The van der Waals surface area contributed by atoms with Crippen molar-refractivity contribution < 1.29 is 14.3 Å². The highest BCUT2D eigenvalue weighted by molar-refractivity contribution is 7.07. The maximum absolute atomic E-state index is 14.0. The second kappa shape index (κ2) is 12.4. The van der Waals surface area contributed by atoms with Gasteiger partial charge in [0.1, 0.15) is 12.4 Å². The number of hydrogen-bond donors (Lipinski definition) is 0. The third kappa shape index (κ3) is 5.96. The average molecular weight is 648 g/mol. The van der Waals surface area contributed by atoms with E-state index in [1.54, 1.807) is 36.4 Å². The highest BCUT2D eigenvalue weighted by atomic mass is 35.5. The number of rotatable bonds is 7. The van der Waals surface area contributed by atoms with E-state index in [4.69, 9.17) is 60.9 Å². The summed E-state index contributed by atoms with van der Waals surface area (Å²) in [5.74, 6) is -0.205. The number of esters is 1. The molecule has 11 heteroatoms. The van der Waals surface area contributed by atoms with Crippen LogP contribution in [0.4, 0.5) is 0 Å². The lowest BCUT2D eigenvalue weighted by Crippen LogP contribution is -2.40. The van der Waals surface area contributed by atoms with Gasteiger partial charge in [-0.15, -0.1) is 0 Å². The first-order chi connectivity index (χ1) is 19.7. The van der Waals surface area contributed by atoms with Gasteiger partial charge in [0.2, 0.25) is 0 Å². The lowest BCUT2D eigenvalue weighted by Gasteiger charge is -2.25. The molecule has 1 aliphatic rings. The van der Waals surface area contributed by atoms with Crippen LogP contribution in [0.5, 0.6) is 5.75 Å². The minimum atomic E-state index is -0.706. The molecule has 1 aliphatic heterocycles. The Bertz CT molecular complexity index is 1870. The molecule has 0 aliphatic carbocycles. The summed E-state index contributed by atoms with van der Waals surface area (Å²) >= 11 is 26.4. The van der Waals surface area contributed by atoms with Gasteiger partial charge in [-0.1, -0.05) is 101 Å². The summed E-state index contributed by atoms with van der Waals surface area (Å²) in [7, 11) is 1.32. The van der Waals surface area contributed by atoms with Crippen molar-refractivity contribution in [1.82, 2.24) is 4.57 Å². The van der Waals surface area contributed by atoms with Crippen molar-refractivity contribution in [3.8, 4) is 5.75 Å². The molecule has 0 fully saturated rings. The molecule has 0 N–H and O–H groups in total. The van der Waals surface area contributed by atoms with Gasteiger partial charge in [-0.25, -0.2) is 9.79 Å². The molecule has 4 aromatic rings. The predicted octanol–water partition coefficient (Wildman–Crippen LogP) is 6.99. The van der Waals surface area contributed by atoms with Crippen LogP contribution in [0.2, 0.25) is 20.1 Å². The number of benzene rings is 3. The SMILES string of the molecule is CCC1=C(C(=O)OC)[C@H](c2ccccc2)n2c(s/c(=C/c3cc(Cl)cc(Cl)c3OCc3ccc(Cl)cc3Cl)c2=O)=N1. The van der Waals surface area contributed by atoms with Crippen LogP contribution < -0.4 is 19.6 Å². The second-order valence-corrected chi connectivity index (χ2v) is 11.7. The molecule has 1 atom stereocenters. The second-order valence-electron chi connectivity index (χ2n) is 9.03. The first-order valence-electron chi connectivity index (χ1n) is 12.5. The van der Waals surface area contributed by atoms with Crippen LogP contribution in [0.15, 0.2) is 81.7 Å². The molecule has 210 valence electrons. The van der Waals surface area contributed by atoms with E-state index >= 15 is 0 Å². The molecule has 0 saturated heterocycles. The quantitative estimate of drug-likeness (QED) is 0.203. The third-order valence-electron chi connectivity index (χ3n) is 6.48. The Balaban J connectivity index is 1.66. The zero-order chi connectivity index (χ0) is 29.3. The summed E-state index contributed by atoms with van der Waals surface area (Å²) in [6, 6.07) is 17.0. The molecule has 0 bridgehead atoms. The first-order valence-corrected chi connectivity index (χ1v) is 14.8.